The molecular weight excluding hydrogens is 376 g/mol. The standard InChI is InChI=1S/C21H20N2O4S/c1-3-26-16-10-8-14(9-11-16)23-20-18(21(25)27-4-2)19(24)17(28-20)13-15-7-5-6-12-22-15/h5-13,24H,3-4H2,1-2H3. The highest BCUT2D eigenvalue weighted by atomic mass is 32.2. The molecule has 0 amide bonds. The third-order valence-electron chi connectivity index (χ3n) is 3.72. The van der Waals surface area contributed by atoms with Crippen molar-refractivity contribution in [3.05, 3.63) is 70.6 Å². The first kappa shape index (κ1) is 19.7. The van der Waals surface area contributed by atoms with Gasteiger partial charge in [0.1, 0.15) is 22.1 Å². The fourth-order valence-corrected chi connectivity index (χ4v) is 3.51. The number of carbonyl (C=O) groups is 1. The number of aliphatic imine (C=N–C) groups is 1. The van der Waals surface area contributed by atoms with Gasteiger partial charge in [-0.05, 0) is 56.3 Å². The van der Waals surface area contributed by atoms with Gasteiger partial charge in [-0.1, -0.05) is 17.8 Å². The Hall–Kier alpha value is -3.06. The molecule has 0 aliphatic carbocycles. The summed E-state index contributed by atoms with van der Waals surface area (Å²) < 4.78 is 10.5. The molecule has 0 radical (unpaired) electrons. The maximum absolute atomic E-state index is 12.4. The summed E-state index contributed by atoms with van der Waals surface area (Å²) >= 11 is 1.20. The molecule has 1 aliphatic heterocycles. The van der Waals surface area contributed by atoms with Crippen molar-refractivity contribution >= 4 is 34.5 Å². The van der Waals surface area contributed by atoms with Crippen LogP contribution in [0.1, 0.15) is 19.5 Å². The van der Waals surface area contributed by atoms with Crippen LogP contribution in [0.3, 0.4) is 0 Å². The van der Waals surface area contributed by atoms with Crippen LogP contribution in [-0.2, 0) is 9.53 Å². The minimum absolute atomic E-state index is 0.0583. The molecule has 0 saturated heterocycles. The number of pyridine rings is 1. The van der Waals surface area contributed by atoms with Crippen LogP contribution in [0.15, 0.2) is 69.9 Å². The summed E-state index contributed by atoms with van der Waals surface area (Å²) in [5.74, 6) is -0.0225. The Morgan fingerprint density at radius 3 is 2.61 bits per heavy atom. The fourth-order valence-electron chi connectivity index (χ4n) is 2.49. The Labute approximate surface area is 167 Å². The molecule has 0 unspecified atom stereocenters. The summed E-state index contributed by atoms with van der Waals surface area (Å²) in [5, 5.41) is 11.0. The highest BCUT2D eigenvalue weighted by Crippen LogP contribution is 2.40. The Morgan fingerprint density at radius 1 is 1.18 bits per heavy atom. The molecule has 1 aromatic carbocycles. The summed E-state index contributed by atoms with van der Waals surface area (Å²) in [4.78, 5) is 21.6. The minimum Gasteiger partial charge on any atom is -0.506 e. The molecule has 3 rings (SSSR count). The van der Waals surface area contributed by atoms with Crippen LogP contribution in [0, 0.1) is 0 Å². The Bertz CT molecular complexity index is 935. The number of ether oxygens (including phenoxy) is 2. The zero-order valence-corrected chi connectivity index (χ0v) is 16.4. The van der Waals surface area contributed by atoms with E-state index in [1.807, 2.05) is 25.1 Å². The van der Waals surface area contributed by atoms with E-state index in [4.69, 9.17) is 9.47 Å². The lowest BCUT2D eigenvalue weighted by atomic mass is 10.2. The number of hydrogen-bond acceptors (Lipinski definition) is 7. The lowest BCUT2D eigenvalue weighted by molar-refractivity contribution is -0.138. The second-order valence-corrected chi connectivity index (χ2v) is 6.68. The molecular formula is C21H20N2O4S. The molecule has 0 atom stereocenters. The van der Waals surface area contributed by atoms with Gasteiger partial charge in [0, 0.05) is 6.20 Å². The summed E-state index contributed by atoms with van der Waals surface area (Å²) in [6.45, 7) is 4.41. The Morgan fingerprint density at radius 2 is 1.96 bits per heavy atom. The number of thioether (sulfide) groups is 1. The number of rotatable bonds is 6. The van der Waals surface area contributed by atoms with Gasteiger partial charge in [-0.15, -0.1) is 0 Å². The molecule has 6 nitrogen and oxygen atoms in total. The predicted molar refractivity (Wildman–Crippen MR) is 111 cm³/mol. The first-order valence-corrected chi connectivity index (χ1v) is 9.67. The van der Waals surface area contributed by atoms with Crippen LogP contribution in [0.4, 0.5) is 5.69 Å². The van der Waals surface area contributed by atoms with Gasteiger partial charge >= 0.3 is 5.97 Å². The van der Waals surface area contributed by atoms with Crippen LogP contribution in [0.5, 0.6) is 5.75 Å². The zero-order chi connectivity index (χ0) is 19.9. The average molecular weight is 396 g/mol. The molecule has 2 heterocycles. The summed E-state index contributed by atoms with van der Waals surface area (Å²) in [7, 11) is 0. The molecule has 144 valence electrons. The Kier molecular flexibility index (Phi) is 6.49. The number of carbonyl (C=O) groups excluding carboxylic acids is 1. The molecule has 0 saturated carbocycles. The van der Waals surface area contributed by atoms with E-state index in [0.29, 0.717) is 27.9 Å². The third-order valence-corrected chi connectivity index (χ3v) is 4.74. The first-order chi connectivity index (χ1) is 13.6. The highest BCUT2D eigenvalue weighted by Gasteiger charge is 2.33. The molecule has 0 spiro atoms. The van der Waals surface area contributed by atoms with Crippen LogP contribution >= 0.6 is 11.8 Å². The van der Waals surface area contributed by atoms with Gasteiger partial charge in [0.2, 0.25) is 0 Å². The summed E-state index contributed by atoms with van der Waals surface area (Å²) in [6.07, 6.45) is 3.37. The molecule has 7 heteroatoms. The molecule has 1 N–H and O–H groups in total. The molecule has 28 heavy (non-hydrogen) atoms. The third kappa shape index (κ3) is 4.61. The molecule has 1 aliphatic rings. The predicted octanol–water partition coefficient (Wildman–Crippen LogP) is 4.67. The van der Waals surface area contributed by atoms with Crippen LogP contribution in [0.25, 0.3) is 6.08 Å². The largest absolute Gasteiger partial charge is 0.506 e. The van der Waals surface area contributed by atoms with Gasteiger partial charge in [-0.3, -0.25) is 4.98 Å². The fraction of sp³-hybridized carbons (Fsp3) is 0.190. The number of benzene rings is 1. The van der Waals surface area contributed by atoms with Gasteiger partial charge in [-0.25, -0.2) is 9.79 Å². The van der Waals surface area contributed by atoms with Gasteiger partial charge in [0.15, 0.2) is 0 Å². The van der Waals surface area contributed by atoms with Crippen molar-refractivity contribution in [1.29, 1.82) is 0 Å². The monoisotopic (exact) mass is 396 g/mol. The van der Waals surface area contributed by atoms with Crippen LogP contribution < -0.4 is 4.74 Å². The number of aromatic nitrogens is 1. The van der Waals surface area contributed by atoms with E-state index in [9.17, 15) is 9.90 Å². The zero-order valence-electron chi connectivity index (χ0n) is 15.6. The van der Waals surface area contributed by atoms with E-state index in [1.165, 1.54) is 11.8 Å². The summed E-state index contributed by atoms with van der Waals surface area (Å²) in [5.41, 5.74) is 1.37. The number of aliphatic hydroxyl groups excluding tert-OH is 1. The van der Waals surface area contributed by atoms with E-state index in [2.05, 4.69) is 9.98 Å². The van der Waals surface area contributed by atoms with Gasteiger partial charge in [-0.2, -0.15) is 0 Å². The van der Waals surface area contributed by atoms with Crippen molar-refractivity contribution < 1.29 is 19.4 Å². The van der Waals surface area contributed by atoms with E-state index < -0.39 is 5.97 Å². The second-order valence-electron chi connectivity index (χ2n) is 5.65. The maximum atomic E-state index is 12.4. The molecule has 1 aromatic heterocycles. The number of esters is 1. The normalized spacial score (nSPS) is 16.6. The SMILES string of the molecule is CCOC(=O)C1=C(O)C(=Cc2ccccn2)SC1=Nc1ccc(OCC)cc1. The smallest absolute Gasteiger partial charge is 0.344 e. The number of nitrogens with zero attached hydrogens (tertiary/aromatic N) is 2. The van der Waals surface area contributed by atoms with Gasteiger partial charge < -0.3 is 14.6 Å². The topological polar surface area (TPSA) is 81.0 Å². The van der Waals surface area contributed by atoms with E-state index in [1.54, 1.807) is 43.5 Å². The van der Waals surface area contributed by atoms with Crippen molar-refractivity contribution in [2.24, 2.45) is 4.99 Å². The van der Waals surface area contributed by atoms with Crippen LogP contribution in [0.2, 0.25) is 0 Å². The van der Waals surface area contributed by atoms with Crippen molar-refractivity contribution in [3.63, 3.8) is 0 Å². The highest BCUT2D eigenvalue weighted by molar-refractivity contribution is 8.18. The molecule has 2 aromatic rings. The van der Waals surface area contributed by atoms with Crippen molar-refractivity contribution in [2.75, 3.05) is 13.2 Å². The summed E-state index contributed by atoms with van der Waals surface area (Å²) in [6, 6.07) is 12.7. The number of hydrogen-bond donors (Lipinski definition) is 1. The van der Waals surface area contributed by atoms with Crippen molar-refractivity contribution in [2.45, 2.75) is 13.8 Å². The van der Waals surface area contributed by atoms with Crippen LogP contribution in [-0.4, -0.2) is 34.3 Å². The maximum Gasteiger partial charge on any atom is 0.344 e. The molecule has 0 bridgehead atoms. The van der Waals surface area contributed by atoms with Gasteiger partial charge in [0.25, 0.3) is 0 Å². The van der Waals surface area contributed by atoms with E-state index in [-0.39, 0.29) is 17.9 Å². The molecule has 0 fully saturated rings. The minimum atomic E-state index is -0.610. The quantitative estimate of drug-likeness (QED) is 0.715. The second kappa shape index (κ2) is 9.23. The average Bonchev–Trinajstić information content (AvgIpc) is 2.99. The lowest BCUT2D eigenvalue weighted by Gasteiger charge is -2.05. The first-order valence-electron chi connectivity index (χ1n) is 8.85. The van der Waals surface area contributed by atoms with Crippen molar-refractivity contribution in [1.82, 2.24) is 4.98 Å². The van der Waals surface area contributed by atoms with E-state index in [0.717, 1.165) is 5.75 Å². The van der Waals surface area contributed by atoms with Crippen molar-refractivity contribution in [3.8, 4) is 5.75 Å². The van der Waals surface area contributed by atoms with E-state index >= 15 is 0 Å². The van der Waals surface area contributed by atoms with Gasteiger partial charge in [0.05, 0.1) is 29.5 Å². The Balaban J connectivity index is 1.97. The lowest BCUT2D eigenvalue weighted by Crippen LogP contribution is -2.12. The number of aliphatic hydroxyl groups is 1.